The minimum absolute atomic E-state index is 0.627. The lowest BCUT2D eigenvalue weighted by Gasteiger charge is -2.04. The molecule has 14 heavy (non-hydrogen) atoms. The lowest BCUT2D eigenvalue weighted by Crippen LogP contribution is -1.86. The Morgan fingerprint density at radius 2 is 2.00 bits per heavy atom. The van der Waals surface area contributed by atoms with Crippen molar-refractivity contribution in [3.8, 4) is 0 Å². The Labute approximate surface area is 104 Å². The summed E-state index contributed by atoms with van der Waals surface area (Å²) in [4.78, 5) is 0. The summed E-state index contributed by atoms with van der Waals surface area (Å²) in [6.45, 7) is 0. The van der Waals surface area contributed by atoms with E-state index in [9.17, 15) is 0 Å². The van der Waals surface area contributed by atoms with E-state index in [4.69, 9.17) is 34.8 Å². The van der Waals surface area contributed by atoms with Gasteiger partial charge in [0, 0.05) is 11.6 Å². The van der Waals surface area contributed by atoms with Crippen molar-refractivity contribution in [1.29, 1.82) is 0 Å². The maximum absolute atomic E-state index is 6.03. The second-order valence-corrected chi connectivity index (χ2v) is 5.08. The zero-order valence-electron chi connectivity index (χ0n) is 7.60. The first-order chi connectivity index (χ1) is 6.75. The van der Waals surface area contributed by atoms with E-state index in [2.05, 4.69) is 0 Å². The van der Waals surface area contributed by atoms with Crippen LogP contribution in [0.3, 0.4) is 0 Å². The van der Waals surface area contributed by atoms with Crippen LogP contribution in [0.15, 0.2) is 18.2 Å². The Hall–Kier alpha value is 0.440. The van der Waals surface area contributed by atoms with Crippen molar-refractivity contribution in [2.45, 2.75) is 12.2 Å². The molecule has 1 aromatic rings. The molecule has 0 aromatic heterocycles. The summed E-state index contributed by atoms with van der Waals surface area (Å²) in [5.74, 6) is 2.68. The van der Waals surface area contributed by atoms with Crippen LogP contribution in [-0.4, -0.2) is 11.6 Å². The minimum atomic E-state index is 0.627. The molecule has 1 aromatic carbocycles. The van der Waals surface area contributed by atoms with Gasteiger partial charge in [0.2, 0.25) is 0 Å². The molecule has 0 nitrogen and oxygen atoms in total. The van der Waals surface area contributed by atoms with E-state index < -0.39 is 0 Å². The molecule has 0 amide bonds. The summed E-state index contributed by atoms with van der Waals surface area (Å²) in [6.07, 6.45) is 1.03. The Morgan fingerprint density at radius 3 is 2.71 bits per heavy atom. The molecule has 0 saturated heterocycles. The van der Waals surface area contributed by atoms with E-state index in [-0.39, 0.29) is 0 Å². The fourth-order valence-electron chi connectivity index (χ4n) is 0.999. The van der Waals surface area contributed by atoms with Gasteiger partial charge in [0.25, 0.3) is 0 Å². The number of hydrogen-bond donors (Lipinski definition) is 0. The maximum Gasteiger partial charge on any atom is 0.0632 e. The van der Waals surface area contributed by atoms with E-state index in [0.717, 1.165) is 29.4 Å². The average Bonchev–Trinajstić information content (AvgIpc) is 2.19. The molecular weight excluding hydrogens is 259 g/mol. The molecule has 0 aliphatic heterocycles. The van der Waals surface area contributed by atoms with Gasteiger partial charge in [-0.05, 0) is 23.8 Å². The average molecular weight is 270 g/mol. The van der Waals surface area contributed by atoms with Gasteiger partial charge in [-0.25, -0.2) is 0 Å². The van der Waals surface area contributed by atoms with Gasteiger partial charge in [-0.1, -0.05) is 35.3 Å². The van der Waals surface area contributed by atoms with Gasteiger partial charge >= 0.3 is 0 Å². The van der Waals surface area contributed by atoms with Crippen LogP contribution < -0.4 is 0 Å². The van der Waals surface area contributed by atoms with Crippen molar-refractivity contribution in [1.82, 2.24) is 0 Å². The molecule has 0 spiro atoms. The van der Waals surface area contributed by atoms with Gasteiger partial charge in [0.15, 0.2) is 0 Å². The molecule has 0 unspecified atom stereocenters. The molecular formula is C10H11Cl3S. The molecule has 0 saturated carbocycles. The largest absolute Gasteiger partial charge is 0.157 e. The van der Waals surface area contributed by atoms with Crippen LogP contribution in [-0.2, 0) is 5.75 Å². The van der Waals surface area contributed by atoms with Crippen LogP contribution in [0.2, 0.25) is 10.0 Å². The highest BCUT2D eigenvalue weighted by molar-refractivity contribution is 7.98. The molecule has 4 heteroatoms. The lowest BCUT2D eigenvalue weighted by molar-refractivity contribution is 1.11. The first kappa shape index (κ1) is 12.5. The van der Waals surface area contributed by atoms with Crippen LogP contribution in [0.5, 0.6) is 0 Å². The summed E-state index contributed by atoms with van der Waals surface area (Å²) in [6, 6.07) is 5.73. The lowest BCUT2D eigenvalue weighted by atomic mass is 10.2. The monoisotopic (exact) mass is 268 g/mol. The van der Waals surface area contributed by atoms with Gasteiger partial charge in [-0.15, -0.1) is 11.6 Å². The Morgan fingerprint density at radius 1 is 1.21 bits per heavy atom. The number of alkyl halides is 1. The van der Waals surface area contributed by atoms with Crippen molar-refractivity contribution in [2.24, 2.45) is 0 Å². The third-order valence-corrected chi connectivity index (χ3v) is 3.93. The highest BCUT2D eigenvalue weighted by Gasteiger charge is 2.03. The fraction of sp³-hybridized carbons (Fsp3) is 0.400. The first-order valence-corrected chi connectivity index (χ1v) is 6.77. The zero-order valence-corrected chi connectivity index (χ0v) is 10.7. The second kappa shape index (κ2) is 6.84. The van der Waals surface area contributed by atoms with Crippen LogP contribution in [0.4, 0.5) is 0 Å². The standard InChI is InChI=1S/C10H11Cl3S/c11-5-2-6-14-7-8-3-1-4-9(12)10(8)13/h1,3-4H,2,5-7H2. The maximum atomic E-state index is 6.03. The number of halogens is 3. The summed E-state index contributed by atoms with van der Waals surface area (Å²) in [5.41, 5.74) is 1.10. The molecule has 0 radical (unpaired) electrons. The van der Waals surface area contributed by atoms with E-state index in [1.807, 2.05) is 23.9 Å². The summed E-state index contributed by atoms with van der Waals surface area (Å²) in [7, 11) is 0. The molecule has 0 aliphatic carbocycles. The first-order valence-electron chi connectivity index (χ1n) is 4.32. The molecule has 1 rings (SSSR count). The molecule has 0 heterocycles. The predicted octanol–water partition coefficient (Wildman–Crippen LogP) is 4.86. The van der Waals surface area contributed by atoms with Crippen LogP contribution in [0.1, 0.15) is 12.0 Å². The number of thioether (sulfide) groups is 1. The predicted molar refractivity (Wildman–Crippen MR) is 68.0 cm³/mol. The van der Waals surface area contributed by atoms with Gasteiger partial charge in [0.1, 0.15) is 0 Å². The van der Waals surface area contributed by atoms with Crippen LogP contribution in [0, 0.1) is 0 Å². The van der Waals surface area contributed by atoms with Crippen molar-refractivity contribution < 1.29 is 0 Å². The van der Waals surface area contributed by atoms with Crippen molar-refractivity contribution >= 4 is 46.6 Å². The van der Waals surface area contributed by atoms with E-state index in [0.29, 0.717) is 10.0 Å². The van der Waals surface area contributed by atoms with E-state index in [1.165, 1.54) is 0 Å². The molecule has 78 valence electrons. The number of hydrogen-bond acceptors (Lipinski definition) is 1. The quantitative estimate of drug-likeness (QED) is 0.543. The smallest absolute Gasteiger partial charge is 0.0632 e. The molecule has 0 N–H and O–H groups in total. The normalized spacial score (nSPS) is 10.5. The zero-order chi connectivity index (χ0) is 10.4. The van der Waals surface area contributed by atoms with Crippen molar-refractivity contribution in [3.05, 3.63) is 33.8 Å². The van der Waals surface area contributed by atoms with Gasteiger partial charge in [-0.3, -0.25) is 0 Å². The third-order valence-electron chi connectivity index (χ3n) is 1.71. The van der Waals surface area contributed by atoms with Crippen molar-refractivity contribution in [3.63, 3.8) is 0 Å². The number of benzene rings is 1. The fourth-order valence-corrected chi connectivity index (χ4v) is 2.71. The molecule has 0 atom stereocenters. The van der Waals surface area contributed by atoms with E-state index >= 15 is 0 Å². The summed E-state index contributed by atoms with van der Waals surface area (Å²) in [5, 5.41) is 1.30. The Kier molecular flexibility index (Phi) is 6.11. The molecule has 0 bridgehead atoms. The van der Waals surface area contributed by atoms with Gasteiger partial charge < -0.3 is 0 Å². The third kappa shape index (κ3) is 3.90. The van der Waals surface area contributed by atoms with Gasteiger partial charge in [-0.2, -0.15) is 11.8 Å². The summed E-state index contributed by atoms with van der Waals surface area (Å²) < 4.78 is 0. The van der Waals surface area contributed by atoms with Crippen LogP contribution in [0.25, 0.3) is 0 Å². The minimum Gasteiger partial charge on any atom is -0.157 e. The van der Waals surface area contributed by atoms with Gasteiger partial charge in [0.05, 0.1) is 10.0 Å². The van der Waals surface area contributed by atoms with E-state index in [1.54, 1.807) is 6.07 Å². The number of rotatable bonds is 5. The molecule has 0 fully saturated rings. The Balaban J connectivity index is 2.46. The topological polar surface area (TPSA) is 0 Å². The SMILES string of the molecule is ClCCCSCc1cccc(Cl)c1Cl. The summed E-state index contributed by atoms with van der Waals surface area (Å²) >= 11 is 19.3. The second-order valence-electron chi connectivity index (χ2n) is 2.81. The van der Waals surface area contributed by atoms with Crippen LogP contribution >= 0.6 is 46.6 Å². The highest BCUT2D eigenvalue weighted by atomic mass is 35.5. The molecule has 0 aliphatic rings. The highest BCUT2D eigenvalue weighted by Crippen LogP contribution is 2.28. The Bertz CT molecular complexity index is 289. The van der Waals surface area contributed by atoms with Crippen molar-refractivity contribution in [2.75, 3.05) is 11.6 Å².